The van der Waals surface area contributed by atoms with Crippen LogP contribution in [0.2, 0.25) is 5.15 Å². The van der Waals surface area contributed by atoms with E-state index >= 15 is 0 Å². The average molecular weight is 374 g/mol. The monoisotopic (exact) mass is 373 g/mol. The van der Waals surface area contributed by atoms with Crippen molar-refractivity contribution in [1.82, 2.24) is 15.3 Å². The van der Waals surface area contributed by atoms with E-state index in [1.807, 2.05) is 0 Å². The van der Waals surface area contributed by atoms with Gasteiger partial charge in [-0.05, 0) is 36.2 Å². The molecule has 25 heavy (non-hydrogen) atoms. The average Bonchev–Trinajstić information content (AvgIpc) is 3.23. The van der Waals surface area contributed by atoms with Crippen molar-refractivity contribution in [3.63, 3.8) is 0 Å². The molecule has 2 N–H and O–H groups in total. The molecule has 0 radical (unpaired) electrons. The first-order valence-corrected chi connectivity index (χ1v) is 9.40. The molecule has 1 aromatic heterocycles. The quantitative estimate of drug-likeness (QED) is 0.629. The molecule has 0 atom stereocenters. The van der Waals surface area contributed by atoms with E-state index in [-0.39, 0.29) is 0 Å². The Morgan fingerprint density at radius 3 is 2.48 bits per heavy atom. The van der Waals surface area contributed by atoms with Crippen molar-refractivity contribution < 1.29 is 0 Å². The molecule has 0 unspecified atom stereocenters. The molecule has 2 heterocycles. The molecule has 1 aliphatic carbocycles. The van der Waals surface area contributed by atoms with E-state index < -0.39 is 0 Å². The lowest BCUT2D eigenvalue weighted by molar-refractivity contribution is 0.634. The van der Waals surface area contributed by atoms with Crippen LogP contribution < -0.4 is 15.5 Å². The van der Waals surface area contributed by atoms with Crippen molar-refractivity contribution >= 4 is 40.7 Å². The summed E-state index contributed by atoms with van der Waals surface area (Å²) in [6.45, 7) is 1.65. The predicted octanol–water partition coefficient (Wildman–Crippen LogP) is 3.88. The van der Waals surface area contributed by atoms with Crippen LogP contribution in [0, 0.1) is 0 Å². The van der Waals surface area contributed by atoms with E-state index in [0.717, 1.165) is 31.7 Å². The van der Waals surface area contributed by atoms with Gasteiger partial charge in [-0.25, -0.2) is 4.98 Å². The predicted molar refractivity (Wildman–Crippen MR) is 105 cm³/mol. The number of anilines is 2. The Kier molecular flexibility index (Phi) is 4.72. The van der Waals surface area contributed by atoms with E-state index in [2.05, 4.69) is 49.8 Å². The number of fused-ring (bicyclic) bond motifs is 1. The van der Waals surface area contributed by atoms with Crippen LogP contribution in [0.25, 0.3) is 0 Å². The third-order valence-electron chi connectivity index (χ3n) is 4.76. The van der Waals surface area contributed by atoms with Crippen molar-refractivity contribution in [1.29, 1.82) is 0 Å². The normalized spacial score (nSPS) is 16.8. The van der Waals surface area contributed by atoms with Gasteiger partial charge in [0, 0.05) is 25.2 Å². The fourth-order valence-electron chi connectivity index (χ4n) is 3.51. The Balaban J connectivity index is 1.46. The summed E-state index contributed by atoms with van der Waals surface area (Å²) in [4.78, 5) is 11.1. The van der Waals surface area contributed by atoms with Crippen molar-refractivity contribution in [3.05, 3.63) is 46.6 Å². The smallest absolute Gasteiger partial charge is 0.232 e. The molecule has 1 saturated carbocycles. The minimum atomic E-state index is 0.409. The summed E-state index contributed by atoms with van der Waals surface area (Å²) >= 11 is 11.6. The second-order valence-electron chi connectivity index (χ2n) is 6.58. The first kappa shape index (κ1) is 16.5. The van der Waals surface area contributed by atoms with E-state index in [1.165, 1.54) is 24.0 Å². The molecule has 2 aliphatic rings. The summed E-state index contributed by atoms with van der Waals surface area (Å²) in [7, 11) is 0. The molecular weight excluding hydrogens is 354 g/mol. The molecule has 5 nitrogen and oxygen atoms in total. The third kappa shape index (κ3) is 3.85. The topological polar surface area (TPSA) is 53.1 Å². The molecule has 2 aromatic rings. The Hall–Kier alpha value is -1.92. The van der Waals surface area contributed by atoms with Gasteiger partial charge in [0.1, 0.15) is 11.0 Å². The van der Waals surface area contributed by atoms with Crippen LogP contribution in [-0.4, -0.2) is 21.1 Å². The number of aromatic nitrogens is 2. The number of rotatable bonds is 3. The lowest BCUT2D eigenvalue weighted by Gasteiger charge is -2.19. The van der Waals surface area contributed by atoms with Crippen LogP contribution in [-0.2, 0) is 13.1 Å². The Bertz CT molecular complexity index is 766. The first-order valence-electron chi connectivity index (χ1n) is 8.61. The van der Waals surface area contributed by atoms with Crippen molar-refractivity contribution in [3.8, 4) is 0 Å². The summed E-state index contributed by atoms with van der Waals surface area (Å²) in [5, 5.41) is 7.38. The summed E-state index contributed by atoms with van der Waals surface area (Å²) < 4.78 is 0. The highest BCUT2D eigenvalue weighted by atomic mass is 35.5. The van der Waals surface area contributed by atoms with E-state index in [9.17, 15) is 0 Å². The lowest BCUT2D eigenvalue weighted by atomic mass is 10.1. The Labute approximate surface area is 157 Å². The highest BCUT2D eigenvalue weighted by Crippen LogP contribution is 2.28. The van der Waals surface area contributed by atoms with Crippen LogP contribution in [0.4, 0.5) is 11.8 Å². The Morgan fingerprint density at radius 2 is 1.80 bits per heavy atom. The van der Waals surface area contributed by atoms with Crippen LogP contribution >= 0.6 is 23.8 Å². The van der Waals surface area contributed by atoms with Gasteiger partial charge < -0.3 is 15.5 Å². The van der Waals surface area contributed by atoms with Gasteiger partial charge in [0.05, 0.1) is 0 Å². The fourth-order valence-corrected chi connectivity index (χ4v) is 3.95. The number of hydrogen-bond donors (Lipinski definition) is 2. The van der Waals surface area contributed by atoms with Gasteiger partial charge in [-0.3, -0.25) is 0 Å². The fraction of sp³-hybridized carbons (Fsp3) is 0.389. The minimum absolute atomic E-state index is 0.409. The third-order valence-corrected chi connectivity index (χ3v) is 5.18. The number of thiocarbonyl (C=S) groups is 1. The Morgan fingerprint density at radius 1 is 1.12 bits per heavy atom. The lowest BCUT2D eigenvalue weighted by Crippen LogP contribution is -2.36. The SMILES string of the molecule is S=C(Nc1nc(Cl)cc(N2Cc3ccccc3C2)n1)NC1CCCC1. The second kappa shape index (κ2) is 7.14. The molecule has 4 rings (SSSR count). The zero-order valence-electron chi connectivity index (χ0n) is 13.8. The first-order chi connectivity index (χ1) is 12.2. The van der Waals surface area contributed by atoms with Gasteiger partial charge in [0.15, 0.2) is 5.11 Å². The summed E-state index contributed by atoms with van der Waals surface area (Å²) in [5.74, 6) is 1.25. The van der Waals surface area contributed by atoms with Crippen molar-refractivity contribution in [2.24, 2.45) is 0 Å². The van der Waals surface area contributed by atoms with E-state index in [1.54, 1.807) is 6.07 Å². The van der Waals surface area contributed by atoms with Crippen LogP contribution in [0.15, 0.2) is 30.3 Å². The molecule has 1 fully saturated rings. The molecule has 0 bridgehead atoms. The summed E-state index contributed by atoms with van der Waals surface area (Å²) in [5.41, 5.74) is 2.65. The molecule has 130 valence electrons. The molecular formula is C18H20ClN5S. The number of nitrogens with one attached hydrogen (secondary N) is 2. The van der Waals surface area contributed by atoms with E-state index in [0.29, 0.717) is 22.3 Å². The van der Waals surface area contributed by atoms with Gasteiger partial charge in [-0.2, -0.15) is 4.98 Å². The number of benzene rings is 1. The highest BCUT2D eigenvalue weighted by molar-refractivity contribution is 7.80. The van der Waals surface area contributed by atoms with Crippen molar-refractivity contribution in [2.75, 3.05) is 10.2 Å². The zero-order valence-corrected chi connectivity index (χ0v) is 15.4. The number of halogens is 1. The van der Waals surface area contributed by atoms with Crippen molar-refractivity contribution in [2.45, 2.75) is 44.8 Å². The molecule has 7 heteroatoms. The van der Waals surface area contributed by atoms with Crippen LogP contribution in [0.5, 0.6) is 0 Å². The summed E-state index contributed by atoms with van der Waals surface area (Å²) in [6.07, 6.45) is 4.84. The molecule has 0 saturated heterocycles. The molecule has 1 aliphatic heterocycles. The molecule has 1 aromatic carbocycles. The number of nitrogens with zero attached hydrogens (tertiary/aromatic N) is 3. The van der Waals surface area contributed by atoms with E-state index in [4.69, 9.17) is 23.8 Å². The largest absolute Gasteiger partial charge is 0.360 e. The van der Waals surface area contributed by atoms with Gasteiger partial charge in [-0.15, -0.1) is 0 Å². The van der Waals surface area contributed by atoms with Crippen LogP contribution in [0.1, 0.15) is 36.8 Å². The van der Waals surface area contributed by atoms with Gasteiger partial charge in [-0.1, -0.05) is 48.7 Å². The maximum atomic E-state index is 6.21. The number of hydrogen-bond acceptors (Lipinski definition) is 4. The standard InChI is InChI=1S/C18H20ClN5S/c19-15-9-16(24-10-12-5-1-2-6-13(12)11-24)22-17(21-15)23-18(25)20-14-7-3-4-8-14/h1-2,5-6,9,14H,3-4,7-8,10-11H2,(H2,20,21,22,23,25). The van der Waals surface area contributed by atoms with Crippen LogP contribution in [0.3, 0.4) is 0 Å². The second-order valence-corrected chi connectivity index (χ2v) is 7.37. The maximum absolute atomic E-state index is 6.21. The summed E-state index contributed by atoms with van der Waals surface area (Å²) in [6, 6.07) is 10.7. The molecule has 0 spiro atoms. The van der Waals surface area contributed by atoms with Gasteiger partial charge in [0.25, 0.3) is 0 Å². The maximum Gasteiger partial charge on any atom is 0.232 e. The highest BCUT2D eigenvalue weighted by Gasteiger charge is 2.21. The molecule has 0 amide bonds. The minimum Gasteiger partial charge on any atom is -0.360 e. The van der Waals surface area contributed by atoms with Gasteiger partial charge in [0.2, 0.25) is 5.95 Å². The zero-order chi connectivity index (χ0) is 17.2. The van der Waals surface area contributed by atoms with Gasteiger partial charge >= 0.3 is 0 Å².